The number of benzene rings is 1. The molecular formula is C8H4Cl3NaO3. The van der Waals surface area contributed by atoms with Gasteiger partial charge in [0.15, 0.2) is 0 Å². The molecule has 0 heterocycles. The maximum absolute atomic E-state index is 11.2. The number of carbonyl (C=O) groups excluding carboxylic acids is 2. The van der Waals surface area contributed by atoms with E-state index in [0.29, 0.717) is 0 Å². The summed E-state index contributed by atoms with van der Waals surface area (Å²) in [4.78, 5) is 21.1. The van der Waals surface area contributed by atoms with E-state index in [-0.39, 0.29) is 56.7 Å². The van der Waals surface area contributed by atoms with Gasteiger partial charge in [-0.05, 0) is 12.1 Å². The van der Waals surface area contributed by atoms with Gasteiger partial charge in [0.2, 0.25) is 0 Å². The van der Waals surface area contributed by atoms with Gasteiger partial charge in [-0.15, -0.1) is 0 Å². The van der Waals surface area contributed by atoms with Gasteiger partial charge in [0.25, 0.3) is 0 Å². The quantitative estimate of drug-likeness (QED) is 0.274. The zero-order valence-corrected chi connectivity index (χ0v) is 8.86. The van der Waals surface area contributed by atoms with E-state index in [1.165, 1.54) is 12.1 Å². The summed E-state index contributed by atoms with van der Waals surface area (Å²) in [6, 6.07) is 2.82. The molecule has 1 aromatic carbocycles. The van der Waals surface area contributed by atoms with Gasteiger partial charge in [-0.1, -0.05) is 34.8 Å². The van der Waals surface area contributed by atoms with Gasteiger partial charge in [-0.3, -0.25) is 4.79 Å². The predicted octanol–water partition coefficient (Wildman–Crippen LogP) is 2.31. The number of esters is 1. The minimum atomic E-state index is -0.933. The molecule has 0 aliphatic carbocycles. The molecule has 0 saturated heterocycles. The van der Waals surface area contributed by atoms with Gasteiger partial charge in [0.05, 0.1) is 20.6 Å². The molecular weight excluding hydrogens is 273 g/mol. The molecule has 0 saturated carbocycles. The fraction of sp³-hybridized carbons (Fsp3) is 0. The van der Waals surface area contributed by atoms with Crippen LogP contribution in [-0.4, -0.2) is 42.0 Å². The maximum atomic E-state index is 11.2. The third kappa shape index (κ3) is 3.63. The SMILES string of the molecule is O=COC(=O)c1c(Cl)ccc(Cl)c1Cl.[NaH]. The van der Waals surface area contributed by atoms with Crippen molar-refractivity contribution in [3.8, 4) is 0 Å². The number of rotatable bonds is 2. The molecule has 3 nitrogen and oxygen atoms in total. The molecule has 0 amide bonds. The average Bonchev–Trinajstić information content (AvgIpc) is 2.13. The number of hydrogen-bond donors (Lipinski definition) is 0. The van der Waals surface area contributed by atoms with Crippen LogP contribution in [0.25, 0.3) is 0 Å². The fourth-order valence-corrected chi connectivity index (χ4v) is 1.50. The first kappa shape index (κ1) is 15.2. The topological polar surface area (TPSA) is 43.4 Å². The third-order valence-corrected chi connectivity index (χ3v) is 2.52. The zero-order chi connectivity index (χ0) is 10.7. The third-order valence-electron chi connectivity index (χ3n) is 1.40. The van der Waals surface area contributed by atoms with Crippen molar-refractivity contribution in [2.24, 2.45) is 0 Å². The monoisotopic (exact) mass is 276 g/mol. The number of halogens is 3. The van der Waals surface area contributed by atoms with Crippen LogP contribution < -0.4 is 0 Å². The summed E-state index contributed by atoms with van der Waals surface area (Å²) in [6.45, 7) is -0.00407. The molecule has 76 valence electrons. The summed E-state index contributed by atoms with van der Waals surface area (Å²) in [5, 5.41) is 0.200. The van der Waals surface area contributed by atoms with Crippen LogP contribution in [0.2, 0.25) is 15.1 Å². The molecule has 0 radical (unpaired) electrons. The van der Waals surface area contributed by atoms with Gasteiger partial charge in [-0.25, -0.2) is 4.79 Å². The number of ether oxygens (including phenoxy) is 1. The van der Waals surface area contributed by atoms with E-state index in [4.69, 9.17) is 34.8 Å². The second-order valence-corrected chi connectivity index (χ2v) is 3.41. The standard InChI is InChI=1S/C8H3Cl3O3.Na.H/c9-4-1-2-5(10)7(11)6(4)8(13)14-3-12;;/h1-3H;;. The Morgan fingerprint density at radius 3 is 2.27 bits per heavy atom. The molecule has 0 fully saturated rings. The molecule has 0 aliphatic heterocycles. The molecule has 0 aliphatic rings. The van der Waals surface area contributed by atoms with E-state index in [1.807, 2.05) is 0 Å². The zero-order valence-electron chi connectivity index (χ0n) is 6.59. The number of hydrogen-bond acceptors (Lipinski definition) is 3. The van der Waals surface area contributed by atoms with Crippen LogP contribution in [0.3, 0.4) is 0 Å². The Labute approximate surface area is 123 Å². The first-order valence-corrected chi connectivity index (χ1v) is 4.49. The molecule has 1 rings (SSSR count). The molecule has 1 aromatic rings. The Hall–Kier alpha value is 0.230. The molecule has 0 N–H and O–H groups in total. The van der Waals surface area contributed by atoms with Crippen molar-refractivity contribution < 1.29 is 14.3 Å². The average molecular weight is 277 g/mol. The second-order valence-electron chi connectivity index (χ2n) is 2.22. The van der Waals surface area contributed by atoms with Gasteiger partial charge < -0.3 is 4.74 Å². The van der Waals surface area contributed by atoms with Gasteiger partial charge >= 0.3 is 42.0 Å². The predicted molar refractivity (Wildman–Crippen MR) is 60.1 cm³/mol. The first-order chi connectivity index (χ1) is 6.57. The van der Waals surface area contributed by atoms with E-state index in [1.54, 1.807) is 0 Å². The summed E-state index contributed by atoms with van der Waals surface area (Å²) >= 11 is 17.0. The molecule has 0 bridgehead atoms. The van der Waals surface area contributed by atoms with Crippen LogP contribution in [0.4, 0.5) is 0 Å². The van der Waals surface area contributed by atoms with E-state index in [0.717, 1.165) is 0 Å². The Morgan fingerprint density at radius 1 is 1.20 bits per heavy atom. The Kier molecular flexibility index (Phi) is 6.84. The van der Waals surface area contributed by atoms with Crippen molar-refractivity contribution in [1.29, 1.82) is 0 Å². The van der Waals surface area contributed by atoms with Crippen molar-refractivity contribution in [2.75, 3.05) is 0 Å². The van der Waals surface area contributed by atoms with Gasteiger partial charge in [-0.2, -0.15) is 0 Å². The van der Waals surface area contributed by atoms with Crippen molar-refractivity contribution >= 4 is 76.8 Å². The Balaban J connectivity index is 0.00000196. The Bertz CT molecular complexity index is 395. The van der Waals surface area contributed by atoms with Crippen LogP contribution >= 0.6 is 34.8 Å². The molecule has 0 unspecified atom stereocenters. The molecule has 7 heteroatoms. The molecule has 0 aromatic heterocycles. The summed E-state index contributed by atoms with van der Waals surface area (Å²) in [5.41, 5.74) is -0.118. The van der Waals surface area contributed by atoms with Crippen molar-refractivity contribution in [3.05, 3.63) is 32.8 Å². The van der Waals surface area contributed by atoms with Crippen LogP contribution in [-0.2, 0) is 9.53 Å². The summed E-state index contributed by atoms with van der Waals surface area (Å²) in [6.07, 6.45) is 0. The van der Waals surface area contributed by atoms with E-state index >= 15 is 0 Å². The summed E-state index contributed by atoms with van der Waals surface area (Å²) in [7, 11) is 0. The molecule has 15 heavy (non-hydrogen) atoms. The van der Waals surface area contributed by atoms with Crippen LogP contribution in [0.1, 0.15) is 10.4 Å². The van der Waals surface area contributed by atoms with Crippen LogP contribution in [0, 0.1) is 0 Å². The second kappa shape index (κ2) is 6.74. The van der Waals surface area contributed by atoms with Crippen molar-refractivity contribution in [3.63, 3.8) is 0 Å². The fourth-order valence-electron chi connectivity index (χ4n) is 0.817. The van der Waals surface area contributed by atoms with E-state index < -0.39 is 5.97 Å². The van der Waals surface area contributed by atoms with Gasteiger partial charge in [0.1, 0.15) is 0 Å². The van der Waals surface area contributed by atoms with E-state index in [9.17, 15) is 9.59 Å². The van der Waals surface area contributed by atoms with Crippen molar-refractivity contribution in [2.45, 2.75) is 0 Å². The summed E-state index contributed by atoms with van der Waals surface area (Å²) < 4.78 is 4.10. The Morgan fingerprint density at radius 2 is 1.73 bits per heavy atom. The van der Waals surface area contributed by atoms with Crippen LogP contribution in [0.15, 0.2) is 12.1 Å². The van der Waals surface area contributed by atoms with E-state index in [2.05, 4.69) is 4.74 Å². The minimum absolute atomic E-state index is 0. The van der Waals surface area contributed by atoms with Gasteiger partial charge in [0, 0.05) is 0 Å². The normalized spacial score (nSPS) is 9.00. The first-order valence-electron chi connectivity index (χ1n) is 3.36. The molecule has 0 atom stereocenters. The van der Waals surface area contributed by atoms with Crippen molar-refractivity contribution in [1.82, 2.24) is 0 Å². The van der Waals surface area contributed by atoms with Crippen LogP contribution in [0.5, 0.6) is 0 Å². The molecule has 0 spiro atoms. The number of carbonyl (C=O) groups is 2. The summed E-state index contributed by atoms with van der Waals surface area (Å²) in [5.74, 6) is -0.933.